The Balaban J connectivity index is 1.61. The van der Waals surface area contributed by atoms with E-state index in [2.05, 4.69) is 15.3 Å². The Labute approximate surface area is 148 Å². The number of oxazole rings is 1. The number of anilines is 1. The normalized spacial score (nSPS) is 10.8. The number of halogens is 1. The minimum Gasteiger partial charge on any atom is -0.436 e. The van der Waals surface area contributed by atoms with Crippen molar-refractivity contribution in [3.05, 3.63) is 77.6 Å². The first-order valence-electron chi connectivity index (χ1n) is 7.57. The van der Waals surface area contributed by atoms with Gasteiger partial charge in [-0.05, 0) is 54.6 Å². The summed E-state index contributed by atoms with van der Waals surface area (Å²) in [6, 6.07) is 15.7. The first kappa shape index (κ1) is 15.4. The number of hydrogen-bond acceptors (Lipinski definition) is 4. The Kier molecular flexibility index (Phi) is 3.91. The highest BCUT2D eigenvalue weighted by atomic mass is 35.5. The highest BCUT2D eigenvalue weighted by molar-refractivity contribution is 6.30. The van der Waals surface area contributed by atoms with E-state index >= 15 is 0 Å². The van der Waals surface area contributed by atoms with Crippen molar-refractivity contribution in [3.63, 3.8) is 0 Å². The molecule has 25 heavy (non-hydrogen) atoms. The number of pyridine rings is 1. The summed E-state index contributed by atoms with van der Waals surface area (Å²) in [4.78, 5) is 20.7. The smallest absolute Gasteiger partial charge is 0.255 e. The number of rotatable bonds is 3. The Hall–Kier alpha value is -3.18. The third kappa shape index (κ3) is 3.22. The van der Waals surface area contributed by atoms with Crippen molar-refractivity contribution >= 4 is 34.3 Å². The van der Waals surface area contributed by atoms with Gasteiger partial charge in [-0.3, -0.25) is 9.78 Å². The van der Waals surface area contributed by atoms with Crippen LogP contribution >= 0.6 is 11.6 Å². The fourth-order valence-corrected chi connectivity index (χ4v) is 2.55. The van der Waals surface area contributed by atoms with E-state index in [1.54, 1.807) is 54.9 Å². The van der Waals surface area contributed by atoms with Gasteiger partial charge >= 0.3 is 0 Å². The predicted octanol–water partition coefficient (Wildman–Crippen LogP) is 4.80. The van der Waals surface area contributed by atoms with Crippen molar-refractivity contribution in [2.24, 2.45) is 0 Å². The van der Waals surface area contributed by atoms with Gasteiger partial charge in [0.05, 0.1) is 0 Å². The van der Waals surface area contributed by atoms with Gasteiger partial charge < -0.3 is 9.73 Å². The standard InChI is InChI=1S/C19H12ClN3O2/c20-14-3-1-12(2-4-14)18(24)22-15-5-6-17-16(11-15)23-19(25-17)13-7-9-21-10-8-13/h1-11H,(H,22,24). The largest absolute Gasteiger partial charge is 0.436 e. The van der Waals surface area contributed by atoms with Gasteiger partial charge in [0, 0.05) is 34.2 Å². The molecule has 122 valence electrons. The molecule has 0 saturated carbocycles. The van der Waals surface area contributed by atoms with Crippen LogP contribution in [0.4, 0.5) is 5.69 Å². The quantitative estimate of drug-likeness (QED) is 0.577. The summed E-state index contributed by atoms with van der Waals surface area (Å²) in [7, 11) is 0. The van der Waals surface area contributed by atoms with E-state index in [1.165, 1.54) is 0 Å². The molecule has 0 spiro atoms. The fourth-order valence-electron chi connectivity index (χ4n) is 2.43. The molecule has 6 heteroatoms. The topological polar surface area (TPSA) is 68.0 Å². The Morgan fingerprint density at radius 3 is 2.52 bits per heavy atom. The number of amides is 1. The molecule has 0 bridgehead atoms. The fraction of sp³-hybridized carbons (Fsp3) is 0. The lowest BCUT2D eigenvalue weighted by Crippen LogP contribution is -2.11. The van der Waals surface area contributed by atoms with Crippen molar-refractivity contribution < 1.29 is 9.21 Å². The second kappa shape index (κ2) is 6.37. The molecule has 2 aromatic heterocycles. The number of fused-ring (bicyclic) bond motifs is 1. The molecule has 0 aliphatic rings. The van der Waals surface area contributed by atoms with E-state index in [4.69, 9.17) is 16.0 Å². The minimum absolute atomic E-state index is 0.214. The maximum Gasteiger partial charge on any atom is 0.255 e. The van der Waals surface area contributed by atoms with Crippen LogP contribution in [0.15, 0.2) is 71.4 Å². The SMILES string of the molecule is O=C(Nc1ccc2oc(-c3ccncc3)nc2c1)c1ccc(Cl)cc1. The summed E-state index contributed by atoms with van der Waals surface area (Å²) in [6.45, 7) is 0. The summed E-state index contributed by atoms with van der Waals surface area (Å²) < 4.78 is 5.75. The molecule has 0 aliphatic heterocycles. The van der Waals surface area contributed by atoms with Gasteiger partial charge in [-0.1, -0.05) is 11.6 Å². The van der Waals surface area contributed by atoms with E-state index in [1.807, 2.05) is 12.1 Å². The number of aromatic nitrogens is 2. The lowest BCUT2D eigenvalue weighted by Gasteiger charge is -2.05. The molecule has 0 saturated heterocycles. The molecule has 2 heterocycles. The van der Waals surface area contributed by atoms with Crippen molar-refractivity contribution in [1.82, 2.24) is 9.97 Å². The predicted molar refractivity (Wildman–Crippen MR) is 96.6 cm³/mol. The summed E-state index contributed by atoms with van der Waals surface area (Å²) in [5.74, 6) is 0.299. The second-order valence-corrected chi connectivity index (χ2v) is 5.83. The van der Waals surface area contributed by atoms with Crippen LogP contribution in [0.3, 0.4) is 0 Å². The van der Waals surface area contributed by atoms with Crippen LogP contribution in [-0.4, -0.2) is 15.9 Å². The molecule has 0 aliphatic carbocycles. The average molecular weight is 350 g/mol. The van der Waals surface area contributed by atoms with E-state index < -0.39 is 0 Å². The first-order valence-corrected chi connectivity index (χ1v) is 7.95. The van der Waals surface area contributed by atoms with E-state index in [9.17, 15) is 4.79 Å². The maximum absolute atomic E-state index is 12.3. The van der Waals surface area contributed by atoms with Gasteiger partial charge in [0.15, 0.2) is 5.58 Å². The molecule has 0 radical (unpaired) electrons. The molecule has 2 aromatic carbocycles. The summed E-state index contributed by atoms with van der Waals surface area (Å²) in [5, 5.41) is 3.43. The molecular weight excluding hydrogens is 338 g/mol. The van der Waals surface area contributed by atoms with Crippen LogP contribution < -0.4 is 5.32 Å². The number of nitrogens with one attached hydrogen (secondary N) is 1. The molecule has 4 rings (SSSR count). The van der Waals surface area contributed by atoms with Gasteiger partial charge in [-0.25, -0.2) is 4.98 Å². The molecule has 5 nitrogen and oxygen atoms in total. The Morgan fingerprint density at radius 2 is 1.76 bits per heavy atom. The van der Waals surface area contributed by atoms with Gasteiger partial charge in [0.1, 0.15) is 5.52 Å². The zero-order valence-electron chi connectivity index (χ0n) is 12.9. The number of nitrogens with zero attached hydrogens (tertiary/aromatic N) is 2. The number of hydrogen-bond donors (Lipinski definition) is 1. The van der Waals surface area contributed by atoms with Crippen molar-refractivity contribution in [2.75, 3.05) is 5.32 Å². The van der Waals surface area contributed by atoms with Crippen LogP contribution in [0.1, 0.15) is 10.4 Å². The van der Waals surface area contributed by atoms with E-state index in [0.29, 0.717) is 33.3 Å². The number of benzene rings is 2. The van der Waals surface area contributed by atoms with Crippen molar-refractivity contribution in [2.45, 2.75) is 0 Å². The zero-order chi connectivity index (χ0) is 17.2. The van der Waals surface area contributed by atoms with Crippen LogP contribution in [0.2, 0.25) is 5.02 Å². The number of carbonyl (C=O) groups is 1. The van der Waals surface area contributed by atoms with Crippen LogP contribution in [-0.2, 0) is 0 Å². The van der Waals surface area contributed by atoms with Gasteiger partial charge in [-0.15, -0.1) is 0 Å². The molecular formula is C19H12ClN3O2. The number of carbonyl (C=O) groups excluding carboxylic acids is 1. The minimum atomic E-state index is -0.214. The Bertz CT molecular complexity index is 1040. The molecule has 4 aromatic rings. The summed E-state index contributed by atoms with van der Waals surface area (Å²) >= 11 is 5.84. The van der Waals surface area contributed by atoms with E-state index in [-0.39, 0.29) is 5.91 Å². The summed E-state index contributed by atoms with van der Waals surface area (Å²) in [6.07, 6.45) is 3.37. The third-order valence-electron chi connectivity index (χ3n) is 3.68. The van der Waals surface area contributed by atoms with Gasteiger partial charge in [-0.2, -0.15) is 0 Å². The molecule has 1 amide bonds. The third-order valence-corrected chi connectivity index (χ3v) is 3.93. The summed E-state index contributed by atoms with van der Waals surface area (Å²) in [5.41, 5.74) is 3.33. The Morgan fingerprint density at radius 1 is 1.00 bits per heavy atom. The first-order chi connectivity index (χ1) is 12.2. The highest BCUT2D eigenvalue weighted by Crippen LogP contribution is 2.26. The van der Waals surface area contributed by atoms with Crippen molar-refractivity contribution in [1.29, 1.82) is 0 Å². The molecule has 1 N–H and O–H groups in total. The lowest BCUT2D eigenvalue weighted by atomic mass is 10.2. The maximum atomic E-state index is 12.3. The molecule has 0 unspecified atom stereocenters. The second-order valence-electron chi connectivity index (χ2n) is 5.40. The van der Waals surface area contributed by atoms with E-state index in [0.717, 1.165) is 5.56 Å². The van der Waals surface area contributed by atoms with Crippen LogP contribution in [0.25, 0.3) is 22.6 Å². The molecule has 0 fully saturated rings. The van der Waals surface area contributed by atoms with Gasteiger partial charge in [0.25, 0.3) is 5.91 Å². The average Bonchev–Trinajstić information content (AvgIpc) is 3.06. The van der Waals surface area contributed by atoms with Crippen LogP contribution in [0.5, 0.6) is 0 Å². The monoisotopic (exact) mass is 349 g/mol. The van der Waals surface area contributed by atoms with Crippen molar-refractivity contribution in [3.8, 4) is 11.5 Å². The lowest BCUT2D eigenvalue weighted by molar-refractivity contribution is 0.102. The highest BCUT2D eigenvalue weighted by Gasteiger charge is 2.10. The molecule has 0 atom stereocenters. The van der Waals surface area contributed by atoms with Crippen LogP contribution in [0, 0.1) is 0 Å². The van der Waals surface area contributed by atoms with Gasteiger partial charge in [0.2, 0.25) is 5.89 Å². The zero-order valence-corrected chi connectivity index (χ0v) is 13.7.